The van der Waals surface area contributed by atoms with Gasteiger partial charge in [0, 0.05) is 12.6 Å². The van der Waals surface area contributed by atoms with Crippen LogP contribution >= 0.6 is 0 Å². The SMILES string of the molecule is COc1cc(C(=O)N2CCOCC2Cc2cccc(-n3nccn3)c2)c(-n2nccn2)cc1OC. The minimum absolute atomic E-state index is 0.156. The molecule has 35 heavy (non-hydrogen) atoms. The van der Waals surface area contributed by atoms with E-state index < -0.39 is 0 Å². The van der Waals surface area contributed by atoms with Crippen LogP contribution in [0.4, 0.5) is 0 Å². The minimum atomic E-state index is -0.163. The van der Waals surface area contributed by atoms with Gasteiger partial charge in [-0.15, -0.1) is 0 Å². The van der Waals surface area contributed by atoms with E-state index in [0.717, 1.165) is 11.3 Å². The lowest BCUT2D eigenvalue weighted by molar-refractivity contribution is -0.00166. The summed E-state index contributed by atoms with van der Waals surface area (Å²) in [6, 6.07) is 11.2. The summed E-state index contributed by atoms with van der Waals surface area (Å²) in [7, 11) is 3.08. The number of rotatable bonds is 7. The van der Waals surface area contributed by atoms with Crippen molar-refractivity contribution >= 4 is 5.91 Å². The lowest BCUT2D eigenvalue weighted by Crippen LogP contribution is -2.50. The van der Waals surface area contributed by atoms with Gasteiger partial charge in [0.2, 0.25) is 0 Å². The van der Waals surface area contributed by atoms with Gasteiger partial charge in [-0.25, -0.2) is 0 Å². The lowest BCUT2D eigenvalue weighted by atomic mass is 10.0. The van der Waals surface area contributed by atoms with E-state index >= 15 is 0 Å². The van der Waals surface area contributed by atoms with E-state index in [1.807, 2.05) is 29.2 Å². The van der Waals surface area contributed by atoms with Gasteiger partial charge in [-0.3, -0.25) is 4.79 Å². The zero-order valence-corrected chi connectivity index (χ0v) is 19.4. The number of nitrogens with zero attached hydrogens (tertiary/aromatic N) is 7. The predicted molar refractivity (Wildman–Crippen MR) is 125 cm³/mol. The van der Waals surface area contributed by atoms with Gasteiger partial charge in [-0.1, -0.05) is 12.1 Å². The molecular formula is C24H25N7O4. The van der Waals surface area contributed by atoms with Crippen LogP contribution < -0.4 is 9.47 Å². The highest BCUT2D eigenvalue weighted by Crippen LogP contribution is 2.33. The molecule has 1 aliphatic rings. The first-order valence-corrected chi connectivity index (χ1v) is 11.1. The Hall–Kier alpha value is -4.25. The van der Waals surface area contributed by atoms with Gasteiger partial charge in [0.05, 0.1) is 69.5 Å². The Morgan fingerprint density at radius 2 is 1.66 bits per heavy atom. The number of methoxy groups -OCH3 is 2. The molecule has 0 spiro atoms. The van der Waals surface area contributed by atoms with E-state index in [0.29, 0.717) is 48.9 Å². The van der Waals surface area contributed by atoms with Gasteiger partial charge < -0.3 is 19.1 Å². The number of ether oxygens (including phenoxy) is 3. The minimum Gasteiger partial charge on any atom is -0.493 e. The third-order valence-corrected chi connectivity index (χ3v) is 5.89. The van der Waals surface area contributed by atoms with Crippen LogP contribution in [0.2, 0.25) is 0 Å². The second-order valence-corrected chi connectivity index (χ2v) is 7.96. The van der Waals surface area contributed by atoms with E-state index in [2.05, 4.69) is 20.4 Å². The Bertz CT molecular complexity index is 1290. The molecule has 5 rings (SSSR count). The summed E-state index contributed by atoms with van der Waals surface area (Å²) in [5, 5.41) is 16.9. The molecule has 11 nitrogen and oxygen atoms in total. The molecule has 0 bridgehead atoms. The fourth-order valence-corrected chi connectivity index (χ4v) is 4.22. The molecule has 1 atom stereocenters. The van der Waals surface area contributed by atoms with Crippen LogP contribution in [0, 0.1) is 0 Å². The number of carbonyl (C=O) groups is 1. The fourth-order valence-electron chi connectivity index (χ4n) is 4.22. The third kappa shape index (κ3) is 4.58. The molecule has 0 aliphatic carbocycles. The second kappa shape index (κ2) is 9.94. The summed E-state index contributed by atoms with van der Waals surface area (Å²) in [4.78, 5) is 18.7. The van der Waals surface area contributed by atoms with E-state index in [1.54, 1.807) is 48.8 Å². The van der Waals surface area contributed by atoms with Crippen molar-refractivity contribution in [2.75, 3.05) is 34.0 Å². The topological polar surface area (TPSA) is 109 Å². The van der Waals surface area contributed by atoms with Crippen molar-refractivity contribution in [2.24, 2.45) is 0 Å². The Labute approximate surface area is 201 Å². The Morgan fingerprint density at radius 1 is 0.971 bits per heavy atom. The molecule has 0 N–H and O–H groups in total. The molecule has 4 aromatic rings. The summed E-state index contributed by atoms with van der Waals surface area (Å²) in [5.41, 5.74) is 2.83. The van der Waals surface area contributed by atoms with Crippen LogP contribution in [0.25, 0.3) is 11.4 Å². The molecule has 1 unspecified atom stereocenters. The number of hydrogen-bond acceptors (Lipinski definition) is 8. The smallest absolute Gasteiger partial charge is 0.256 e. The fraction of sp³-hybridized carbons (Fsp3) is 0.292. The average molecular weight is 476 g/mol. The second-order valence-electron chi connectivity index (χ2n) is 7.96. The van der Waals surface area contributed by atoms with Crippen LogP contribution in [0.15, 0.2) is 61.2 Å². The quantitative estimate of drug-likeness (QED) is 0.399. The van der Waals surface area contributed by atoms with Crippen molar-refractivity contribution in [1.82, 2.24) is 34.9 Å². The molecule has 0 radical (unpaired) electrons. The zero-order valence-electron chi connectivity index (χ0n) is 19.4. The van der Waals surface area contributed by atoms with Crippen molar-refractivity contribution in [3.8, 4) is 22.9 Å². The largest absolute Gasteiger partial charge is 0.493 e. The van der Waals surface area contributed by atoms with E-state index in [4.69, 9.17) is 14.2 Å². The Kier molecular flexibility index (Phi) is 6.40. The van der Waals surface area contributed by atoms with Crippen LogP contribution in [0.3, 0.4) is 0 Å². The van der Waals surface area contributed by atoms with E-state index in [1.165, 1.54) is 11.9 Å². The van der Waals surface area contributed by atoms with E-state index in [-0.39, 0.29) is 11.9 Å². The highest BCUT2D eigenvalue weighted by Gasteiger charge is 2.31. The first-order valence-electron chi connectivity index (χ1n) is 11.1. The predicted octanol–water partition coefficient (Wildman–Crippen LogP) is 1.95. The first kappa shape index (κ1) is 22.5. The summed E-state index contributed by atoms with van der Waals surface area (Å²) in [5.74, 6) is 0.784. The van der Waals surface area contributed by atoms with Crippen LogP contribution in [0.1, 0.15) is 15.9 Å². The number of aromatic nitrogens is 6. The van der Waals surface area contributed by atoms with Crippen LogP contribution in [0.5, 0.6) is 11.5 Å². The molecule has 1 amide bonds. The maximum Gasteiger partial charge on any atom is 0.256 e. The molecule has 2 aromatic carbocycles. The van der Waals surface area contributed by atoms with Gasteiger partial charge in [-0.2, -0.15) is 30.0 Å². The standard InChI is InChI=1S/C24H25N7O4/c1-33-22-14-20(21(15-23(22)34-2)31-27-8-9-28-31)24(32)29-10-11-35-16-19(29)13-17-4-3-5-18(12-17)30-25-6-7-26-30/h3-9,12,14-15,19H,10-11,13,16H2,1-2H3. The van der Waals surface area contributed by atoms with Gasteiger partial charge in [0.25, 0.3) is 5.91 Å². The Morgan fingerprint density at radius 3 is 2.37 bits per heavy atom. The average Bonchev–Trinajstić information content (AvgIpc) is 3.63. The molecule has 1 saturated heterocycles. The van der Waals surface area contributed by atoms with Crippen LogP contribution in [-0.4, -0.2) is 80.8 Å². The monoisotopic (exact) mass is 475 g/mol. The number of hydrogen-bond donors (Lipinski definition) is 0. The molecular weight excluding hydrogens is 450 g/mol. The number of benzene rings is 2. The van der Waals surface area contributed by atoms with Gasteiger partial charge >= 0.3 is 0 Å². The van der Waals surface area contributed by atoms with Gasteiger partial charge in [0.1, 0.15) is 5.69 Å². The van der Waals surface area contributed by atoms with Gasteiger partial charge in [-0.05, 0) is 30.2 Å². The number of carbonyl (C=O) groups excluding carboxylic acids is 1. The zero-order chi connectivity index (χ0) is 24.2. The summed E-state index contributed by atoms with van der Waals surface area (Å²) in [6.45, 7) is 1.35. The van der Waals surface area contributed by atoms with E-state index in [9.17, 15) is 4.79 Å². The molecule has 3 heterocycles. The maximum atomic E-state index is 13.9. The molecule has 11 heteroatoms. The normalized spacial score (nSPS) is 15.7. The first-order chi connectivity index (χ1) is 17.2. The highest BCUT2D eigenvalue weighted by atomic mass is 16.5. The Balaban J connectivity index is 1.47. The third-order valence-electron chi connectivity index (χ3n) is 5.89. The lowest BCUT2D eigenvalue weighted by Gasteiger charge is -2.36. The number of amides is 1. The molecule has 1 fully saturated rings. The van der Waals surface area contributed by atoms with Crippen molar-refractivity contribution in [2.45, 2.75) is 12.5 Å². The number of morpholine rings is 1. The van der Waals surface area contributed by atoms with Crippen molar-refractivity contribution < 1.29 is 19.0 Å². The van der Waals surface area contributed by atoms with Gasteiger partial charge in [0.15, 0.2) is 11.5 Å². The maximum absolute atomic E-state index is 13.9. The molecule has 180 valence electrons. The van der Waals surface area contributed by atoms with Crippen molar-refractivity contribution in [3.63, 3.8) is 0 Å². The highest BCUT2D eigenvalue weighted by molar-refractivity contribution is 5.99. The molecule has 1 aliphatic heterocycles. The summed E-state index contributed by atoms with van der Waals surface area (Å²) in [6.07, 6.45) is 7.01. The summed E-state index contributed by atoms with van der Waals surface area (Å²) >= 11 is 0. The summed E-state index contributed by atoms with van der Waals surface area (Å²) < 4.78 is 16.7. The molecule has 0 saturated carbocycles. The molecule has 2 aromatic heterocycles. The van der Waals surface area contributed by atoms with Crippen LogP contribution in [-0.2, 0) is 11.2 Å². The van der Waals surface area contributed by atoms with Crippen molar-refractivity contribution in [3.05, 3.63) is 72.3 Å². The van der Waals surface area contributed by atoms with Crippen molar-refractivity contribution in [1.29, 1.82) is 0 Å².